The van der Waals surface area contributed by atoms with Gasteiger partial charge in [-0.05, 0) is 13.0 Å². The van der Waals surface area contributed by atoms with Crippen LogP contribution in [0.2, 0.25) is 0 Å². The summed E-state index contributed by atoms with van der Waals surface area (Å²) in [4.78, 5) is 12.7. The minimum Gasteiger partial charge on any atom is -0.317 e. The molecule has 1 amide bonds. The topological polar surface area (TPSA) is 20.3 Å². The molecule has 0 aliphatic heterocycles. The Morgan fingerprint density at radius 2 is 2.50 bits per heavy atom. The highest BCUT2D eigenvalue weighted by atomic mass is 32.1. The average Bonchev–Trinajstić information content (AvgIpc) is 2.34. The number of rotatable bonds is 2. The summed E-state index contributed by atoms with van der Waals surface area (Å²) in [5.41, 5.74) is 0.907. The molecular formula is C7H8NOS. The van der Waals surface area contributed by atoms with Gasteiger partial charge in [-0.25, -0.2) is 0 Å². The van der Waals surface area contributed by atoms with Crippen molar-refractivity contribution in [3.8, 4) is 0 Å². The standard InChI is InChI=1S/C7H8NOS/c1-6-3-7(4-10-6)8(2)5-9/h3-5H,1H2,2H3. The molecule has 10 heavy (non-hydrogen) atoms. The van der Waals surface area contributed by atoms with Crippen LogP contribution in [-0.4, -0.2) is 13.5 Å². The van der Waals surface area contributed by atoms with Crippen LogP contribution in [0, 0.1) is 6.92 Å². The van der Waals surface area contributed by atoms with Gasteiger partial charge in [-0.1, -0.05) is 0 Å². The maximum atomic E-state index is 10.2. The first-order chi connectivity index (χ1) is 4.74. The zero-order valence-electron chi connectivity index (χ0n) is 5.70. The minimum atomic E-state index is 0.779. The smallest absolute Gasteiger partial charge is 0.213 e. The molecule has 1 aromatic heterocycles. The Kier molecular flexibility index (Phi) is 2.06. The Morgan fingerprint density at radius 1 is 1.80 bits per heavy atom. The van der Waals surface area contributed by atoms with Gasteiger partial charge in [0.25, 0.3) is 0 Å². The molecule has 1 aromatic rings. The third-order valence-electron chi connectivity index (χ3n) is 1.21. The number of anilines is 1. The predicted octanol–water partition coefficient (Wildman–Crippen LogP) is 1.52. The molecular weight excluding hydrogens is 146 g/mol. The molecule has 0 unspecified atom stereocenters. The molecule has 0 bridgehead atoms. The predicted molar refractivity (Wildman–Crippen MR) is 43.2 cm³/mol. The molecule has 0 aliphatic carbocycles. The molecule has 1 radical (unpaired) electrons. The van der Waals surface area contributed by atoms with Gasteiger partial charge in [-0.15, -0.1) is 11.3 Å². The highest BCUT2D eigenvalue weighted by Gasteiger charge is 1.98. The molecule has 53 valence electrons. The average molecular weight is 154 g/mol. The highest BCUT2D eigenvalue weighted by Crippen LogP contribution is 2.19. The minimum absolute atomic E-state index is 0.779. The summed E-state index contributed by atoms with van der Waals surface area (Å²) in [7, 11) is 1.72. The number of nitrogens with zero attached hydrogens (tertiary/aromatic N) is 1. The van der Waals surface area contributed by atoms with Crippen molar-refractivity contribution >= 4 is 23.4 Å². The molecule has 0 atom stereocenters. The second-order valence-electron chi connectivity index (χ2n) is 1.99. The zero-order chi connectivity index (χ0) is 7.56. The fourth-order valence-corrected chi connectivity index (χ4v) is 1.31. The van der Waals surface area contributed by atoms with E-state index in [1.807, 2.05) is 11.4 Å². The lowest BCUT2D eigenvalue weighted by Gasteiger charge is -2.05. The van der Waals surface area contributed by atoms with Gasteiger partial charge in [0.15, 0.2) is 0 Å². The molecule has 1 heterocycles. The molecule has 0 aromatic carbocycles. The van der Waals surface area contributed by atoms with Gasteiger partial charge in [0.2, 0.25) is 6.41 Å². The lowest BCUT2D eigenvalue weighted by molar-refractivity contribution is -0.107. The number of thiophene rings is 1. The summed E-state index contributed by atoms with van der Waals surface area (Å²) in [6, 6.07) is 1.87. The Morgan fingerprint density at radius 3 is 2.90 bits per heavy atom. The summed E-state index contributed by atoms with van der Waals surface area (Å²) in [5.74, 6) is 0. The van der Waals surface area contributed by atoms with Gasteiger partial charge >= 0.3 is 0 Å². The van der Waals surface area contributed by atoms with E-state index in [1.165, 1.54) is 16.2 Å². The fourth-order valence-electron chi connectivity index (χ4n) is 0.615. The third kappa shape index (κ3) is 1.36. The SMILES string of the molecule is [CH2]c1cc(N(C)C=O)cs1. The van der Waals surface area contributed by atoms with Gasteiger partial charge in [0, 0.05) is 17.3 Å². The number of hydrogen-bond acceptors (Lipinski definition) is 2. The van der Waals surface area contributed by atoms with Crippen LogP contribution in [-0.2, 0) is 4.79 Å². The van der Waals surface area contributed by atoms with Gasteiger partial charge in [0.1, 0.15) is 0 Å². The van der Waals surface area contributed by atoms with Crippen molar-refractivity contribution in [2.24, 2.45) is 0 Å². The van der Waals surface area contributed by atoms with Crippen LogP contribution in [0.4, 0.5) is 5.69 Å². The molecule has 1 rings (SSSR count). The van der Waals surface area contributed by atoms with Crippen LogP contribution >= 0.6 is 11.3 Å². The van der Waals surface area contributed by atoms with Crippen LogP contribution in [0.25, 0.3) is 0 Å². The van der Waals surface area contributed by atoms with Crippen molar-refractivity contribution in [1.82, 2.24) is 0 Å². The molecule has 0 aliphatic rings. The number of hydrogen-bond donors (Lipinski definition) is 0. The van der Waals surface area contributed by atoms with E-state index in [4.69, 9.17) is 0 Å². The quantitative estimate of drug-likeness (QED) is 0.591. The van der Waals surface area contributed by atoms with E-state index in [1.54, 1.807) is 7.05 Å². The molecule has 2 nitrogen and oxygen atoms in total. The number of carbonyl (C=O) groups is 1. The Balaban J connectivity index is 2.84. The van der Waals surface area contributed by atoms with Gasteiger partial charge in [-0.2, -0.15) is 0 Å². The summed E-state index contributed by atoms with van der Waals surface area (Å²) in [6.07, 6.45) is 0.779. The molecule has 0 saturated heterocycles. The molecule has 0 N–H and O–H groups in total. The van der Waals surface area contributed by atoms with Gasteiger partial charge < -0.3 is 4.90 Å². The summed E-state index contributed by atoms with van der Waals surface area (Å²) < 4.78 is 0. The van der Waals surface area contributed by atoms with E-state index in [-0.39, 0.29) is 0 Å². The number of carbonyl (C=O) groups excluding carboxylic acids is 1. The highest BCUT2D eigenvalue weighted by molar-refractivity contribution is 7.10. The molecule has 3 heteroatoms. The van der Waals surface area contributed by atoms with Crippen molar-refractivity contribution in [2.75, 3.05) is 11.9 Å². The van der Waals surface area contributed by atoms with Gasteiger partial charge in [-0.3, -0.25) is 4.79 Å². The second-order valence-corrected chi connectivity index (χ2v) is 2.98. The van der Waals surface area contributed by atoms with E-state index in [0.29, 0.717) is 0 Å². The van der Waals surface area contributed by atoms with Crippen LogP contribution in [0.3, 0.4) is 0 Å². The first-order valence-electron chi connectivity index (χ1n) is 2.82. The maximum Gasteiger partial charge on any atom is 0.213 e. The maximum absolute atomic E-state index is 10.2. The largest absolute Gasteiger partial charge is 0.317 e. The lowest BCUT2D eigenvalue weighted by Crippen LogP contribution is -2.12. The van der Waals surface area contributed by atoms with Crippen molar-refractivity contribution < 1.29 is 4.79 Å². The zero-order valence-corrected chi connectivity index (χ0v) is 6.52. The first-order valence-corrected chi connectivity index (χ1v) is 3.70. The van der Waals surface area contributed by atoms with Crippen molar-refractivity contribution in [3.63, 3.8) is 0 Å². The van der Waals surface area contributed by atoms with E-state index in [0.717, 1.165) is 17.0 Å². The van der Waals surface area contributed by atoms with E-state index < -0.39 is 0 Å². The monoisotopic (exact) mass is 154 g/mol. The molecule has 0 spiro atoms. The van der Waals surface area contributed by atoms with Crippen molar-refractivity contribution in [1.29, 1.82) is 0 Å². The van der Waals surface area contributed by atoms with Crippen molar-refractivity contribution in [3.05, 3.63) is 23.2 Å². The van der Waals surface area contributed by atoms with Crippen LogP contribution in [0.1, 0.15) is 4.88 Å². The second kappa shape index (κ2) is 2.84. The van der Waals surface area contributed by atoms with E-state index >= 15 is 0 Å². The van der Waals surface area contributed by atoms with Gasteiger partial charge in [0.05, 0.1) is 5.69 Å². The Labute approximate surface area is 64.1 Å². The number of amides is 1. The molecule has 0 saturated carbocycles. The van der Waals surface area contributed by atoms with E-state index in [9.17, 15) is 4.79 Å². The first kappa shape index (κ1) is 7.28. The Hall–Kier alpha value is -0.830. The summed E-state index contributed by atoms with van der Waals surface area (Å²) in [6.45, 7) is 3.73. The van der Waals surface area contributed by atoms with Crippen LogP contribution in [0.5, 0.6) is 0 Å². The van der Waals surface area contributed by atoms with Crippen LogP contribution < -0.4 is 4.90 Å². The summed E-state index contributed by atoms with van der Waals surface area (Å²) in [5, 5.41) is 1.90. The van der Waals surface area contributed by atoms with E-state index in [2.05, 4.69) is 6.92 Å². The summed E-state index contributed by atoms with van der Waals surface area (Å²) >= 11 is 1.54. The van der Waals surface area contributed by atoms with Crippen molar-refractivity contribution in [2.45, 2.75) is 0 Å². The normalized spacial score (nSPS) is 9.40. The van der Waals surface area contributed by atoms with Crippen LogP contribution in [0.15, 0.2) is 11.4 Å². The third-order valence-corrected chi connectivity index (χ3v) is 1.99. The Bertz CT molecular complexity index is 231. The lowest BCUT2D eigenvalue weighted by atomic mass is 10.4. The molecule has 0 fully saturated rings. The fraction of sp³-hybridized carbons (Fsp3) is 0.143.